The molecule has 0 unspecified atom stereocenters. The first kappa shape index (κ1) is 99.8. The van der Waals surface area contributed by atoms with Crippen molar-refractivity contribution in [1.29, 1.82) is 0 Å². The number of nitrogens with zero attached hydrogens (tertiary/aromatic N) is 13. The van der Waals surface area contributed by atoms with Gasteiger partial charge in [0, 0.05) is 94.3 Å². The molecule has 34 nitrogen and oxygen atoms in total. The number of rotatable bonds is 28. The van der Waals surface area contributed by atoms with Crippen molar-refractivity contribution < 1.29 is 81.2 Å². The second kappa shape index (κ2) is 45.1. The molecule has 4 fully saturated rings. The monoisotopic (exact) mass is 1900 g/mol. The topological polar surface area (TPSA) is 460 Å². The van der Waals surface area contributed by atoms with Crippen molar-refractivity contribution in [1.82, 2.24) is 85.6 Å². The predicted octanol–water partition coefficient (Wildman–Crippen LogP) is 13.0. The van der Waals surface area contributed by atoms with Crippen molar-refractivity contribution in [3.05, 3.63) is 230 Å². The minimum atomic E-state index is -0.756. The summed E-state index contributed by atoms with van der Waals surface area (Å²) < 4.78 is 30.8. The van der Waals surface area contributed by atoms with Crippen LogP contribution in [0.1, 0.15) is 214 Å². The fourth-order valence-corrected chi connectivity index (χ4v) is 19.9. The number of aryl methyl sites for hydroxylation is 7. The Morgan fingerprint density at radius 3 is 1.22 bits per heavy atom. The summed E-state index contributed by atoms with van der Waals surface area (Å²) in [5, 5.41) is 65.4. The third kappa shape index (κ3) is 24.4. The second-order valence-corrected chi connectivity index (χ2v) is 37.9. The summed E-state index contributed by atoms with van der Waals surface area (Å²) in [7, 11) is 0. The van der Waals surface area contributed by atoms with Gasteiger partial charge in [0.25, 0.3) is 0 Å². The quantitative estimate of drug-likeness (QED) is 0.0226. The molecule has 4 aliphatic heterocycles. The fourth-order valence-electron chi connectivity index (χ4n) is 17.4. The molecule has 0 bridgehead atoms. The number of nitrogens with one attached hydrogen (secondary N) is 4. The Balaban J connectivity index is 0.000000152. The maximum atomic E-state index is 13.5. The Kier molecular flexibility index (Phi) is 33.4. The van der Waals surface area contributed by atoms with Crippen LogP contribution in [0.3, 0.4) is 0 Å². The number of oxazole rings is 2. The number of aliphatic hydroxyl groups is 4. The average Bonchev–Trinajstić information content (AvgIpc) is 1.67. The van der Waals surface area contributed by atoms with E-state index in [0.717, 1.165) is 71.3 Å². The molecule has 0 spiro atoms. The molecule has 8 amide bonds. The first-order valence-corrected chi connectivity index (χ1v) is 47.8. The fraction of sp³-hybridized carbons (Fsp3) is 0.439. The molecule has 4 saturated heterocycles. The van der Waals surface area contributed by atoms with Gasteiger partial charge in [0.2, 0.25) is 47.3 Å². The Hall–Kier alpha value is -12.7. The van der Waals surface area contributed by atoms with E-state index in [2.05, 4.69) is 66.0 Å². The number of hydrogen-bond donors (Lipinski definition) is 8. The third-order valence-corrected chi connectivity index (χ3v) is 27.5. The molecule has 12 aromatic rings. The van der Waals surface area contributed by atoms with Gasteiger partial charge in [0.15, 0.2) is 24.3 Å². The summed E-state index contributed by atoms with van der Waals surface area (Å²) in [5.41, 5.74) is 16.1. The first-order chi connectivity index (χ1) is 64.6. The second-order valence-electron chi connectivity index (χ2n) is 35.4. The minimum Gasteiger partial charge on any atom is -0.444 e. The van der Waals surface area contributed by atoms with Gasteiger partial charge in [-0.25, -0.2) is 24.9 Å². The highest BCUT2D eigenvalue weighted by atomic mass is 32.1. The van der Waals surface area contributed by atoms with Crippen LogP contribution in [0.5, 0.6) is 0 Å². The van der Waals surface area contributed by atoms with Gasteiger partial charge in [-0.05, 0) is 132 Å². The van der Waals surface area contributed by atoms with Crippen LogP contribution in [0.2, 0.25) is 0 Å². The van der Waals surface area contributed by atoms with Gasteiger partial charge in [-0.15, -0.1) is 22.7 Å². The van der Waals surface area contributed by atoms with E-state index in [-0.39, 0.29) is 123 Å². The van der Waals surface area contributed by atoms with E-state index < -0.39 is 72.3 Å². The zero-order valence-corrected chi connectivity index (χ0v) is 80.7. The van der Waals surface area contributed by atoms with Crippen molar-refractivity contribution in [2.45, 2.75) is 240 Å². The van der Waals surface area contributed by atoms with Gasteiger partial charge >= 0.3 is 0 Å². The summed E-state index contributed by atoms with van der Waals surface area (Å²) >= 11 is 4.42. The molecule has 714 valence electrons. The summed E-state index contributed by atoms with van der Waals surface area (Å²) in [5.74, 6) is -0.616. The van der Waals surface area contributed by atoms with E-state index in [4.69, 9.17) is 22.4 Å². The van der Waals surface area contributed by atoms with Gasteiger partial charge in [-0.2, -0.15) is 4.37 Å². The standard InChI is InChI=1S/C25H30N4O5.C25H30N4O4S.C24H29N5O3S2.C24H28N4O5/c1-5-20(22-10-14(2)28-34-22)25(32)29-12-19(30)11-21(29)24(31)27-15(3)17-6-8-18(9-7-17)23-16(4)26-13-33-23;1-14(2)22(20-9-15(3)33-28-20)25(32)29-12-19(30)10-21(29)24(31)26-11-17-5-7-18(8-6-17)23-16(4)27-13-34-23;1-13(2)20(23-27-15(4)28-34-23)24(32)29-11-18(30)9-19(29)22(31)25-10-16-5-7-17(8-6-16)21-14(3)26-12-33-21;1-4-19(21-9-14(2)27-33-21)24(31)28-12-18(29)10-20(28)23(30)26-15(3)16-5-7-17(8-6-16)22-11-25-13-32-22/h6-10,13,15,19-21,30H,5,11-12H2,1-4H3,(H,27,31);5-9,13-14,19,21-22,30H,10-12H2,1-4H3,(H,26,31);5-8,12-13,18-20,30H,9-11H2,1-4H3,(H,25,31);5-9,11,13,15,18-20,29H,4,10,12H2,1-3H3,(H,26,30)/t15-,19+,20+,21-;19-,21+,22-;18-,19+,20-;15-,18+,19+,20-/m0110/s1. The molecule has 37 heteroatoms. The summed E-state index contributed by atoms with van der Waals surface area (Å²) in [6, 6.07) is 33.0. The maximum Gasteiger partial charge on any atom is 0.243 e. The van der Waals surface area contributed by atoms with Crippen LogP contribution in [-0.2, 0) is 51.4 Å². The molecule has 0 saturated carbocycles. The molecular formula is C98H117N17O17S3. The zero-order valence-electron chi connectivity index (χ0n) is 78.2. The Bertz CT molecular complexity index is 5820. The summed E-state index contributed by atoms with van der Waals surface area (Å²) in [4.78, 5) is 135. The van der Waals surface area contributed by atoms with E-state index in [0.29, 0.717) is 82.6 Å². The predicted molar refractivity (Wildman–Crippen MR) is 504 cm³/mol. The highest BCUT2D eigenvalue weighted by Crippen LogP contribution is 2.38. The first-order valence-electron chi connectivity index (χ1n) is 45.3. The van der Waals surface area contributed by atoms with E-state index in [1.54, 1.807) is 74.8 Å². The van der Waals surface area contributed by atoms with Crippen LogP contribution >= 0.6 is 34.2 Å². The van der Waals surface area contributed by atoms with E-state index in [1.807, 2.05) is 184 Å². The number of likely N-dealkylation sites (tertiary alicyclic amines) is 4. The lowest BCUT2D eigenvalue weighted by Gasteiger charge is -2.29. The molecule has 8 N–H and O–H groups in total. The van der Waals surface area contributed by atoms with E-state index in [9.17, 15) is 58.8 Å². The SMILES string of the molecule is CC[C@@H](C(=O)N1C[C@H](O)C[C@H]1C(=O)N[C@@H](C)c1ccc(-c2cnco2)cc1)c1cc(C)no1.CC[C@@H](C(=O)N1C[C@H](O)C[C@H]1C(=O)N[C@@H](C)c1ccc(-c2ocnc2C)cc1)c1cc(C)no1.Cc1cc([C@H](C(=O)N2C[C@H](O)C[C@H]2C(=O)NCc2ccc(-c3scnc3C)cc2)C(C)C)no1.Cc1nsc([C@H](C(=O)N2C[C@H](O)C[C@H]2C(=O)NCc2ccc(-c3scnc3C)cc2)C(C)C)n1. The van der Waals surface area contributed by atoms with Crippen LogP contribution in [0.15, 0.2) is 168 Å². The zero-order chi connectivity index (χ0) is 96.7. The number of aromatic nitrogens is 9. The van der Waals surface area contributed by atoms with Crippen molar-refractivity contribution in [3.8, 4) is 43.5 Å². The largest absolute Gasteiger partial charge is 0.444 e. The number of amides is 8. The number of aliphatic hydroxyl groups excluding tert-OH is 4. The lowest BCUT2D eigenvalue weighted by molar-refractivity contribution is -0.140. The highest BCUT2D eigenvalue weighted by Gasteiger charge is 2.48. The van der Waals surface area contributed by atoms with Crippen molar-refractivity contribution >= 4 is 81.5 Å². The van der Waals surface area contributed by atoms with E-state index in [1.165, 1.54) is 43.9 Å². The molecule has 0 radical (unpaired) electrons. The lowest BCUT2D eigenvalue weighted by atomic mass is 9.90. The third-order valence-electron chi connectivity index (χ3n) is 24.6. The van der Waals surface area contributed by atoms with Gasteiger partial charge < -0.3 is 83.7 Å². The number of hydrogen-bond acceptors (Lipinski definition) is 29. The van der Waals surface area contributed by atoms with Crippen molar-refractivity contribution in [2.24, 2.45) is 11.8 Å². The van der Waals surface area contributed by atoms with Crippen LogP contribution in [-0.4, -0.2) is 207 Å². The number of carbonyl (C=O) groups is 8. The molecule has 16 rings (SSSR count). The number of carbonyl (C=O) groups excluding carboxylic acids is 8. The molecule has 4 aliphatic rings. The molecule has 0 aliphatic carbocycles. The van der Waals surface area contributed by atoms with Crippen LogP contribution in [0.4, 0.5) is 0 Å². The summed E-state index contributed by atoms with van der Waals surface area (Å²) in [6.45, 7) is 29.5. The van der Waals surface area contributed by atoms with Gasteiger partial charge in [-0.3, -0.25) is 38.4 Å². The molecule has 135 heavy (non-hydrogen) atoms. The molecule has 8 aromatic heterocycles. The Morgan fingerprint density at radius 2 is 0.874 bits per heavy atom. The van der Waals surface area contributed by atoms with E-state index >= 15 is 0 Å². The molecule has 12 heterocycles. The average molecular weight is 1900 g/mol. The number of benzene rings is 4. The summed E-state index contributed by atoms with van der Waals surface area (Å²) in [6.07, 6.45) is 3.28. The van der Waals surface area contributed by atoms with Crippen molar-refractivity contribution in [2.75, 3.05) is 26.2 Å². The van der Waals surface area contributed by atoms with Crippen LogP contribution in [0, 0.1) is 60.3 Å². The van der Waals surface area contributed by atoms with Gasteiger partial charge in [-0.1, -0.05) is 154 Å². The minimum absolute atomic E-state index is 0.0120. The Labute approximate surface area is 794 Å². The smallest absolute Gasteiger partial charge is 0.243 e. The normalized spacial score (nSPS) is 19.4. The maximum absolute atomic E-state index is 13.5. The molecule has 14 atom stereocenters. The van der Waals surface area contributed by atoms with Crippen molar-refractivity contribution in [3.63, 3.8) is 0 Å². The van der Waals surface area contributed by atoms with Gasteiger partial charge in [0.1, 0.15) is 52.3 Å². The lowest BCUT2D eigenvalue weighted by Crippen LogP contribution is -2.48. The van der Waals surface area contributed by atoms with Crippen LogP contribution < -0.4 is 21.3 Å². The van der Waals surface area contributed by atoms with Gasteiger partial charge in [0.05, 0.1) is 121 Å². The molecular weight excluding hydrogens is 1780 g/mol. The number of thiazole rings is 2. The number of β-amino-alcohol motifs (C(OH)–C–C–N with tert-alkyl or cyclic N) is 4. The Morgan fingerprint density at radius 1 is 0.459 bits per heavy atom. The molecule has 4 aromatic carbocycles. The van der Waals surface area contributed by atoms with Crippen LogP contribution in [0.25, 0.3) is 43.5 Å². The highest BCUT2D eigenvalue weighted by molar-refractivity contribution is 7.13.